The SMILES string of the molecule is COCc1nc(-c2cccc(Cl)c2)cc(=O)[nH]1. The third-order valence-corrected chi connectivity index (χ3v) is 2.43. The fourth-order valence-corrected chi connectivity index (χ4v) is 1.70. The Hall–Kier alpha value is -1.65. The summed E-state index contributed by atoms with van der Waals surface area (Å²) in [5.74, 6) is 0.495. The maximum atomic E-state index is 11.5. The van der Waals surface area contributed by atoms with Crippen LogP contribution < -0.4 is 5.56 Å². The summed E-state index contributed by atoms with van der Waals surface area (Å²) in [5.41, 5.74) is 1.19. The Bertz CT molecular complexity index is 581. The van der Waals surface area contributed by atoms with Crippen LogP contribution in [0.3, 0.4) is 0 Å². The third kappa shape index (κ3) is 2.93. The summed E-state index contributed by atoms with van der Waals surface area (Å²) in [6.07, 6.45) is 0. The summed E-state index contributed by atoms with van der Waals surface area (Å²) >= 11 is 5.90. The number of methoxy groups -OCH3 is 1. The number of aromatic amines is 1. The van der Waals surface area contributed by atoms with Crippen LogP contribution in [0, 0.1) is 0 Å². The largest absolute Gasteiger partial charge is 0.377 e. The molecule has 0 aliphatic heterocycles. The fraction of sp³-hybridized carbons (Fsp3) is 0.167. The van der Waals surface area contributed by atoms with Gasteiger partial charge < -0.3 is 9.72 Å². The van der Waals surface area contributed by atoms with Gasteiger partial charge in [0.15, 0.2) is 0 Å². The van der Waals surface area contributed by atoms with Crippen LogP contribution in [0.15, 0.2) is 35.1 Å². The molecule has 2 aromatic rings. The zero-order valence-corrected chi connectivity index (χ0v) is 9.99. The molecule has 0 atom stereocenters. The first-order valence-corrected chi connectivity index (χ1v) is 5.42. The topological polar surface area (TPSA) is 55.0 Å². The zero-order valence-electron chi connectivity index (χ0n) is 9.24. The maximum absolute atomic E-state index is 11.5. The van der Waals surface area contributed by atoms with Crippen molar-refractivity contribution < 1.29 is 4.74 Å². The van der Waals surface area contributed by atoms with E-state index in [-0.39, 0.29) is 12.2 Å². The van der Waals surface area contributed by atoms with Gasteiger partial charge in [-0.1, -0.05) is 23.7 Å². The first kappa shape index (κ1) is 11.8. The number of H-pyrrole nitrogens is 1. The molecule has 0 aliphatic rings. The quantitative estimate of drug-likeness (QED) is 0.909. The van der Waals surface area contributed by atoms with E-state index in [1.165, 1.54) is 6.07 Å². The second-order valence-corrected chi connectivity index (χ2v) is 3.96. The highest BCUT2D eigenvalue weighted by Gasteiger charge is 2.04. The average molecular weight is 251 g/mol. The van der Waals surface area contributed by atoms with Gasteiger partial charge in [0.25, 0.3) is 5.56 Å². The molecular formula is C12H11ClN2O2. The molecule has 88 valence electrons. The average Bonchev–Trinajstić information content (AvgIpc) is 2.28. The third-order valence-electron chi connectivity index (χ3n) is 2.19. The Labute approximate surface area is 103 Å². The van der Waals surface area contributed by atoms with Crippen molar-refractivity contribution in [1.29, 1.82) is 0 Å². The summed E-state index contributed by atoms with van der Waals surface area (Å²) in [5, 5.41) is 0.609. The van der Waals surface area contributed by atoms with Crippen LogP contribution in [0.4, 0.5) is 0 Å². The second kappa shape index (κ2) is 5.12. The molecule has 0 aliphatic carbocycles. The molecule has 4 nitrogen and oxygen atoms in total. The molecule has 0 amide bonds. The van der Waals surface area contributed by atoms with Crippen molar-refractivity contribution in [3.63, 3.8) is 0 Å². The molecular weight excluding hydrogens is 240 g/mol. The van der Waals surface area contributed by atoms with E-state index >= 15 is 0 Å². The molecule has 2 rings (SSSR count). The first-order chi connectivity index (χ1) is 8.19. The Balaban J connectivity index is 2.48. The van der Waals surface area contributed by atoms with E-state index in [0.717, 1.165) is 5.56 Å². The molecule has 1 aromatic heterocycles. The smallest absolute Gasteiger partial charge is 0.251 e. The van der Waals surface area contributed by atoms with Crippen LogP contribution in [0.5, 0.6) is 0 Å². The molecule has 0 unspecified atom stereocenters. The number of rotatable bonds is 3. The number of hydrogen-bond donors (Lipinski definition) is 1. The van der Waals surface area contributed by atoms with Crippen LogP contribution in [0.1, 0.15) is 5.82 Å². The summed E-state index contributed by atoms with van der Waals surface area (Å²) in [6, 6.07) is 8.64. The van der Waals surface area contributed by atoms with Crippen molar-refractivity contribution in [2.45, 2.75) is 6.61 Å². The molecule has 0 fully saturated rings. The number of ether oxygens (including phenoxy) is 1. The Kier molecular flexibility index (Phi) is 3.56. The van der Waals surface area contributed by atoms with Crippen molar-refractivity contribution in [1.82, 2.24) is 9.97 Å². The van der Waals surface area contributed by atoms with Gasteiger partial charge in [0, 0.05) is 23.8 Å². The van der Waals surface area contributed by atoms with E-state index in [1.54, 1.807) is 19.2 Å². The molecule has 1 heterocycles. The standard InChI is InChI=1S/C12H11ClN2O2/c1-17-7-11-14-10(6-12(16)15-11)8-3-2-4-9(13)5-8/h2-6H,7H2,1H3,(H,14,15,16). The Morgan fingerprint density at radius 3 is 2.94 bits per heavy atom. The number of benzene rings is 1. The van der Waals surface area contributed by atoms with Gasteiger partial charge in [-0.05, 0) is 12.1 Å². The minimum absolute atomic E-state index is 0.206. The monoisotopic (exact) mass is 250 g/mol. The van der Waals surface area contributed by atoms with Crippen molar-refractivity contribution in [2.75, 3.05) is 7.11 Å². The normalized spacial score (nSPS) is 10.5. The van der Waals surface area contributed by atoms with E-state index in [9.17, 15) is 4.79 Å². The number of nitrogens with zero attached hydrogens (tertiary/aromatic N) is 1. The molecule has 0 radical (unpaired) electrons. The van der Waals surface area contributed by atoms with E-state index in [1.807, 2.05) is 12.1 Å². The minimum atomic E-state index is -0.206. The molecule has 0 saturated carbocycles. The summed E-state index contributed by atoms with van der Waals surface area (Å²) < 4.78 is 4.94. The van der Waals surface area contributed by atoms with Gasteiger partial charge in [0.05, 0.1) is 5.69 Å². The van der Waals surface area contributed by atoms with E-state index in [0.29, 0.717) is 16.5 Å². The molecule has 17 heavy (non-hydrogen) atoms. The van der Waals surface area contributed by atoms with Crippen molar-refractivity contribution in [2.24, 2.45) is 0 Å². The fourth-order valence-electron chi connectivity index (χ4n) is 1.51. The predicted molar refractivity (Wildman–Crippen MR) is 66.0 cm³/mol. The summed E-state index contributed by atoms with van der Waals surface area (Å²) in [6.45, 7) is 0.268. The van der Waals surface area contributed by atoms with Gasteiger partial charge in [-0.25, -0.2) is 4.98 Å². The van der Waals surface area contributed by atoms with Crippen LogP contribution in [-0.4, -0.2) is 17.1 Å². The van der Waals surface area contributed by atoms with E-state index < -0.39 is 0 Å². The number of hydrogen-bond acceptors (Lipinski definition) is 3. The van der Waals surface area contributed by atoms with Crippen LogP contribution in [0.2, 0.25) is 5.02 Å². The number of nitrogens with one attached hydrogen (secondary N) is 1. The Morgan fingerprint density at radius 2 is 2.24 bits per heavy atom. The van der Waals surface area contributed by atoms with E-state index in [2.05, 4.69) is 9.97 Å². The van der Waals surface area contributed by atoms with Gasteiger partial charge in [-0.15, -0.1) is 0 Å². The predicted octanol–water partition coefficient (Wildman–Crippen LogP) is 2.24. The van der Waals surface area contributed by atoms with Crippen molar-refractivity contribution >= 4 is 11.6 Å². The minimum Gasteiger partial charge on any atom is -0.377 e. The number of halogens is 1. The highest BCUT2D eigenvalue weighted by molar-refractivity contribution is 6.30. The lowest BCUT2D eigenvalue weighted by Gasteiger charge is -2.04. The lowest BCUT2D eigenvalue weighted by atomic mass is 10.1. The summed E-state index contributed by atoms with van der Waals surface area (Å²) in [4.78, 5) is 18.4. The molecule has 0 spiro atoms. The second-order valence-electron chi connectivity index (χ2n) is 3.52. The number of aromatic nitrogens is 2. The van der Waals surface area contributed by atoms with Gasteiger partial charge in [-0.2, -0.15) is 0 Å². The molecule has 0 saturated heterocycles. The van der Waals surface area contributed by atoms with Gasteiger partial charge in [0.2, 0.25) is 0 Å². The molecule has 5 heteroatoms. The van der Waals surface area contributed by atoms with Gasteiger partial charge in [0.1, 0.15) is 12.4 Å². The lowest BCUT2D eigenvalue weighted by Crippen LogP contribution is -2.11. The van der Waals surface area contributed by atoms with Crippen LogP contribution in [0.25, 0.3) is 11.3 Å². The van der Waals surface area contributed by atoms with Crippen molar-refractivity contribution in [3.05, 3.63) is 51.5 Å². The highest BCUT2D eigenvalue weighted by atomic mass is 35.5. The van der Waals surface area contributed by atoms with Gasteiger partial charge >= 0.3 is 0 Å². The lowest BCUT2D eigenvalue weighted by molar-refractivity contribution is 0.177. The molecule has 1 N–H and O–H groups in total. The van der Waals surface area contributed by atoms with Gasteiger partial charge in [-0.3, -0.25) is 4.79 Å². The first-order valence-electron chi connectivity index (χ1n) is 5.04. The molecule has 1 aromatic carbocycles. The van der Waals surface area contributed by atoms with E-state index in [4.69, 9.17) is 16.3 Å². The molecule has 0 bridgehead atoms. The van der Waals surface area contributed by atoms with Crippen LogP contribution in [-0.2, 0) is 11.3 Å². The summed E-state index contributed by atoms with van der Waals surface area (Å²) in [7, 11) is 1.55. The van der Waals surface area contributed by atoms with Crippen molar-refractivity contribution in [3.8, 4) is 11.3 Å². The Morgan fingerprint density at radius 1 is 1.41 bits per heavy atom. The maximum Gasteiger partial charge on any atom is 0.251 e. The zero-order chi connectivity index (χ0) is 12.3. The highest BCUT2D eigenvalue weighted by Crippen LogP contribution is 2.19. The van der Waals surface area contributed by atoms with Crippen LogP contribution >= 0.6 is 11.6 Å².